The number of benzene rings is 2. The fourth-order valence-electron chi connectivity index (χ4n) is 2.12. The lowest BCUT2D eigenvalue weighted by Crippen LogP contribution is -2.09. The summed E-state index contributed by atoms with van der Waals surface area (Å²) < 4.78 is 39.7. The van der Waals surface area contributed by atoms with Crippen molar-refractivity contribution < 1.29 is 13.2 Å². The Morgan fingerprint density at radius 2 is 1.33 bits per heavy atom. The van der Waals surface area contributed by atoms with E-state index >= 15 is 0 Å². The van der Waals surface area contributed by atoms with Crippen molar-refractivity contribution in [1.29, 1.82) is 0 Å². The maximum Gasteiger partial charge on any atom is 0.196 e. The Hall–Kier alpha value is -1.97. The van der Waals surface area contributed by atoms with Gasteiger partial charge in [-0.1, -0.05) is 38.1 Å². The van der Waals surface area contributed by atoms with Gasteiger partial charge in [0.05, 0.1) is 5.69 Å². The summed E-state index contributed by atoms with van der Waals surface area (Å²) >= 11 is 0. The first-order chi connectivity index (χ1) is 9.90. The molecule has 21 heavy (non-hydrogen) atoms. The van der Waals surface area contributed by atoms with Crippen LogP contribution in [0.5, 0.6) is 0 Å². The van der Waals surface area contributed by atoms with Gasteiger partial charge < -0.3 is 5.32 Å². The van der Waals surface area contributed by atoms with Gasteiger partial charge in [0.1, 0.15) is 0 Å². The maximum atomic E-state index is 13.6. The van der Waals surface area contributed by atoms with Crippen LogP contribution >= 0.6 is 0 Å². The van der Waals surface area contributed by atoms with E-state index in [1.165, 1.54) is 11.6 Å². The molecular weight excluding hydrogens is 275 g/mol. The molecule has 1 atom stereocenters. The van der Waals surface area contributed by atoms with Gasteiger partial charge in [0, 0.05) is 6.04 Å². The predicted octanol–water partition coefficient (Wildman–Crippen LogP) is 5.40. The minimum atomic E-state index is -1.46. The number of anilines is 1. The molecule has 1 unspecified atom stereocenters. The molecule has 2 aromatic carbocycles. The SMILES string of the molecule is CC(C)c1ccc(C(C)Nc2ccc(F)c(F)c2F)cc1. The third kappa shape index (κ3) is 3.38. The smallest absolute Gasteiger partial charge is 0.196 e. The molecular formula is C17H18F3N. The van der Waals surface area contributed by atoms with E-state index in [9.17, 15) is 13.2 Å². The summed E-state index contributed by atoms with van der Waals surface area (Å²) in [4.78, 5) is 0. The predicted molar refractivity (Wildman–Crippen MR) is 78.9 cm³/mol. The highest BCUT2D eigenvalue weighted by atomic mass is 19.2. The maximum absolute atomic E-state index is 13.6. The zero-order chi connectivity index (χ0) is 15.6. The summed E-state index contributed by atoms with van der Waals surface area (Å²) in [6.45, 7) is 6.05. The molecule has 0 aliphatic rings. The topological polar surface area (TPSA) is 12.0 Å². The minimum Gasteiger partial charge on any atom is -0.376 e. The van der Waals surface area contributed by atoms with E-state index in [-0.39, 0.29) is 11.7 Å². The quantitative estimate of drug-likeness (QED) is 0.744. The first kappa shape index (κ1) is 15.4. The van der Waals surface area contributed by atoms with Crippen molar-refractivity contribution in [2.24, 2.45) is 0 Å². The van der Waals surface area contributed by atoms with Gasteiger partial charge >= 0.3 is 0 Å². The number of hydrogen-bond donors (Lipinski definition) is 1. The van der Waals surface area contributed by atoms with Crippen molar-refractivity contribution in [2.75, 3.05) is 5.32 Å². The van der Waals surface area contributed by atoms with E-state index in [0.717, 1.165) is 11.6 Å². The Balaban J connectivity index is 2.18. The van der Waals surface area contributed by atoms with Gasteiger partial charge in [-0.05, 0) is 36.1 Å². The number of nitrogens with one attached hydrogen (secondary N) is 1. The summed E-state index contributed by atoms with van der Waals surface area (Å²) in [5.74, 6) is -3.40. The summed E-state index contributed by atoms with van der Waals surface area (Å²) in [5.41, 5.74) is 2.11. The molecule has 0 bridgehead atoms. The van der Waals surface area contributed by atoms with Crippen LogP contribution in [0.4, 0.5) is 18.9 Å². The molecule has 0 aliphatic heterocycles. The van der Waals surface area contributed by atoms with Crippen molar-refractivity contribution in [3.05, 3.63) is 65.0 Å². The molecule has 0 aromatic heterocycles. The Bertz CT molecular complexity index is 621. The molecule has 0 saturated heterocycles. The average molecular weight is 293 g/mol. The second kappa shape index (κ2) is 6.20. The fraction of sp³-hybridized carbons (Fsp3) is 0.294. The lowest BCUT2D eigenvalue weighted by atomic mass is 9.99. The van der Waals surface area contributed by atoms with Crippen LogP contribution in [0.2, 0.25) is 0 Å². The van der Waals surface area contributed by atoms with Gasteiger partial charge in [0.25, 0.3) is 0 Å². The van der Waals surface area contributed by atoms with Crippen LogP contribution in [0.1, 0.15) is 43.9 Å². The number of hydrogen-bond acceptors (Lipinski definition) is 1. The van der Waals surface area contributed by atoms with Crippen LogP contribution in [0.25, 0.3) is 0 Å². The van der Waals surface area contributed by atoms with Gasteiger partial charge in [0.15, 0.2) is 17.5 Å². The van der Waals surface area contributed by atoms with Gasteiger partial charge in [-0.15, -0.1) is 0 Å². The van der Waals surface area contributed by atoms with Crippen molar-refractivity contribution in [3.63, 3.8) is 0 Å². The molecule has 0 spiro atoms. The molecule has 0 heterocycles. The van der Waals surface area contributed by atoms with Crippen LogP contribution in [0.15, 0.2) is 36.4 Å². The fourth-order valence-corrected chi connectivity index (χ4v) is 2.12. The summed E-state index contributed by atoms with van der Waals surface area (Å²) in [6.07, 6.45) is 0. The monoisotopic (exact) mass is 293 g/mol. The van der Waals surface area contributed by atoms with Crippen LogP contribution in [0.3, 0.4) is 0 Å². The lowest BCUT2D eigenvalue weighted by Gasteiger charge is -2.17. The molecule has 0 saturated carbocycles. The highest BCUT2D eigenvalue weighted by Gasteiger charge is 2.15. The van der Waals surface area contributed by atoms with Crippen molar-refractivity contribution in [1.82, 2.24) is 0 Å². The normalized spacial score (nSPS) is 12.5. The Morgan fingerprint density at radius 1 is 0.762 bits per heavy atom. The first-order valence-electron chi connectivity index (χ1n) is 6.90. The van der Waals surface area contributed by atoms with Crippen molar-refractivity contribution >= 4 is 5.69 Å². The molecule has 0 radical (unpaired) electrons. The minimum absolute atomic E-state index is 0.0469. The van der Waals surface area contributed by atoms with E-state index in [1.807, 2.05) is 31.2 Å². The van der Waals surface area contributed by atoms with E-state index in [2.05, 4.69) is 19.2 Å². The average Bonchev–Trinajstić information content (AvgIpc) is 2.48. The van der Waals surface area contributed by atoms with Crippen LogP contribution < -0.4 is 5.32 Å². The second-order valence-corrected chi connectivity index (χ2v) is 5.41. The zero-order valence-corrected chi connectivity index (χ0v) is 12.3. The standard InChI is InChI=1S/C17H18F3N/c1-10(2)12-4-6-13(7-5-12)11(3)21-15-9-8-14(18)16(19)17(15)20/h4-11,21H,1-3H3. The summed E-state index contributed by atoms with van der Waals surface area (Å²) in [5, 5.41) is 2.86. The number of rotatable bonds is 4. The molecule has 2 rings (SSSR count). The zero-order valence-electron chi connectivity index (χ0n) is 12.3. The third-order valence-electron chi connectivity index (χ3n) is 3.51. The van der Waals surface area contributed by atoms with Gasteiger partial charge in [-0.3, -0.25) is 0 Å². The largest absolute Gasteiger partial charge is 0.376 e. The number of halogens is 3. The Labute approximate surface area is 122 Å². The van der Waals surface area contributed by atoms with E-state index in [0.29, 0.717) is 5.92 Å². The Kier molecular flexibility index (Phi) is 4.56. The first-order valence-corrected chi connectivity index (χ1v) is 6.90. The van der Waals surface area contributed by atoms with E-state index < -0.39 is 17.5 Å². The van der Waals surface area contributed by atoms with Crippen LogP contribution in [-0.4, -0.2) is 0 Å². The van der Waals surface area contributed by atoms with Gasteiger partial charge in [0.2, 0.25) is 0 Å². The van der Waals surface area contributed by atoms with Gasteiger partial charge in [-0.25, -0.2) is 13.2 Å². The summed E-state index contributed by atoms with van der Waals surface area (Å²) in [6, 6.07) is 9.82. The lowest BCUT2D eigenvalue weighted by molar-refractivity contribution is 0.448. The van der Waals surface area contributed by atoms with Crippen molar-refractivity contribution in [2.45, 2.75) is 32.7 Å². The van der Waals surface area contributed by atoms with Crippen LogP contribution in [-0.2, 0) is 0 Å². The second-order valence-electron chi connectivity index (χ2n) is 5.41. The highest BCUT2D eigenvalue weighted by Crippen LogP contribution is 2.25. The molecule has 4 heteroatoms. The molecule has 0 aliphatic carbocycles. The molecule has 0 amide bonds. The third-order valence-corrected chi connectivity index (χ3v) is 3.51. The molecule has 112 valence electrons. The van der Waals surface area contributed by atoms with E-state index in [1.54, 1.807) is 0 Å². The molecule has 1 N–H and O–H groups in total. The molecule has 0 fully saturated rings. The van der Waals surface area contributed by atoms with Crippen molar-refractivity contribution in [3.8, 4) is 0 Å². The Morgan fingerprint density at radius 3 is 1.90 bits per heavy atom. The highest BCUT2D eigenvalue weighted by molar-refractivity contribution is 5.47. The molecule has 2 aromatic rings. The van der Waals surface area contributed by atoms with E-state index in [4.69, 9.17) is 0 Å². The van der Waals surface area contributed by atoms with Crippen LogP contribution in [0, 0.1) is 17.5 Å². The van der Waals surface area contributed by atoms with Gasteiger partial charge in [-0.2, -0.15) is 0 Å². The summed E-state index contributed by atoms with van der Waals surface area (Å²) in [7, 11) is 0. The molecule has 1 nitrogen and oxygen atoms in total.